The molecule has 9 nitrogen and oxygen atoms in total. The van der Waals surface area contributed by atoms with Gasteiger partial charge in [-0.1, -0.05) is 47.2 Å². The molecule has 3 aromatic rings. The number of hydrogen-bond acceptors (Lipinski definition) is 7. The largest absolute Gasteiger partial charge is 0.325 e. The summed E-state index contributed by atoms with van der Waals surface area (Å²) in [6.07, 6.45) is 1.64. The summed E-state index contributed by atoms with van der Waals surface area (Å²) in [6.45, 7) is 3.13. The molecule has 152 valence electrons. The second-order valence-corrected chi connectivity index (χ2v) is 7.97. The van der Waals surface area contributed by atoms with Gasteiger partial charge in [0.15, 0.2) is 5.01 Å². The number of aryl methyl sites for hydroxylation is 1. The van der Waals surface area contributed by atoms with Crippen molar-refractivity contribution < 1.29 is 14.4 Å². The van der Waals surface area contributed by atoms with E-state index in [0.717, 1.165) is 21.8 Å². The zero-order valence-corrected chi connectivity index (χ0v) is 17.1. The Labute approximate surface area is 176 Å². The maximum atomic E-state index is 12.9. The lowest BCUT2D eigenvalue weighted by Crippen LogP contribution is -2.42. The minimum atomic E-state index is -1.22. The smallest absolute Gasteiger partial charge is 0.319 e. The maximum Gasteiger partial charge on any atom is 0.325 e. The summed E-state index contributed by atoms with van der Waals surface area (Å²) >= 11 is 1.15. The summed E-state index contributed by atoms with van der Waals surface area (Å²) < 4.78 is 0. The van der Waals surface area contributed by atoms with Gasteiger partial charge in [-0.2, -0.15) is 0 Å². The number of pyridine rings is 1. The molecule has 1 fully saturated rings. The third-order valence-corrected chi connectivity index (χ3v) is 5.62. The third-order valence-electron chi connectivity index (χ3n) is 4.76. The van der Waals surface area contributed by atoms with Gasteiger partial charge in [0, 0.05) is 6.20 Å². The molecule has 1 aromatic carbocycles. The van der Waals surface area contributed by atoms with Crippen LogP contribution in [0.5, 0.6) is 0 Å². The molecule has 1 saturated heterocycles. The predicted octanol–water partition coefficient (Wildman–Crippen LogP) is 2.31. The molecule has 1 unspecified atom stereocenters. The molecule has 1 aliphatic heterocycles. The maximum absolute atomic E-state index is 12.9. The van der Waals surface area contributed by atoms with Gasteiger partial charge < -0.3 is 5.32 Å². The van der Waals surface area contributed by atoms with Crippen LogP contribution < -0.4 is 10.6 Å². The minimum Gasteiger partial charge on any atom is -0.319 e. The average molecular weight is 422 g/mol. The Balaban J connectivity index is 1.45. The Morgan fingerprint density at radius 3 is 2.63 bits per heavy atom. The summed E-state index contributed by atoms with van der Waals surface area (Å²) in [7, 11) is 0. The first-order valence-corrected chi connectivity index (χ1v) is 9.94. The number of rotatable bonds is 5. The predicted molar refractivity (Wildman–Crippen MR) is 111 cm³/mol. The highest BCUT2D eigenvalue weighted by atomic mass is 32.1. The van der Waals surface area contributed by atoms with Crippen LogP contribution in [0.4, 0.5) is 9.93 Å². The van der Waals surface area contributed by atoms with Gasteiger partial charge in [0.25, 0.3) is 5.91 Å². The number of benzene rings is 1. The first-order chi connectivity index (χ1) is 14.4. The molecule has 4 rings (SSSR count). The van der Waals surface area contributed by atoms with E-state index in [0.29, 0.717) is 16.3 Å². The number of carbonyl (C=O) groups is 3. The van der Waals surface area contributed by atoms with Gasteiger partial charge in [0.05, 0.1) is 0 Å². The van der Waals surface area contributed by atoms with E-state index in [-0.39, 0.29) is 5.13 Å². The number of amides is 4. The van der Waals surface area contributed by atoms with Gasteiger partial charge in [0.2, 0.25) is 11.0 Å². The van der Waals surface area contributed by atoms with Crippen molar-refractivity contribution in [1.82, 2.24) is 25.4 Å². The Morgan fingerprint density at radius 2 is 1.93 bits per heavy atom. The zero-order chi connectivity index (χ0) is 21.3. The number of imide groups is 1. The van der Waals surface area contributed by atoms with E-state index in [4.69, 9.17) is 0 Å². The lowest BCUT2D eigenvalue weighted by Gasteiger charge is -2.22. The standard InChI is InChI=1S/C20H18N6O3S/c1-12-6-8-13(9-7-12)20(2)17(28)26(19(29)23-20)11-15(27)22-18-25-24-16(30-18)14-5-3-4-10-21-14/h3-10H,11H2,1-2H3,(H,23,29)(H,22,25,27). The van der Waals surface area contributed by atoms with Crippen molar-refractivity contribution in [3.05, 3.63) is 59.8 Å². The monoisotopic (exact) mass is 422 g/mol. The van der Waals surface area contributed by atoms with Crippen LogP contribution in [0.2, 0.25) is 0 Å². The van der Waals surface area contributed by atoms with E-state index in [1.54, 1.807) is 37.4 Å². The van der Waals surface area contributed by atoms with Crippen molar-refractivity contribution in [3.8, 4) is 10.7 Å². The van der Waals surface area contributed by atoms with Crippen LogP contribution in [-0.2, 0) is 15.1 Å². The first-order valence-electron chi connectivity index (χ1n) is 9.13. The van der Waals surface area contributed by atoms with Crippen molar-refractivity contribution in [2.45, 2.75) is 19.4 Å². The molecule has 2 N–H and O–H groups in total. The molecule has 4 amide bonds. The summed E-state index contributed by atoms with van der Waals surface area (Å²) in [6, 6.07) is 12.1. The summed E-state index contributed by atoms with van der Waals surface area (Å²) in [5.74, 6) is -1.03. The number of anilines is 1. The molecule has 1 aliphatic rings. The second-order valence-electron chi connectivity index (χ2n) is 6.99. The van der Waals surface area contributed by atoms with E-state index >= 15 is 0 Å². The quantitative estimate of drug-likeness (QED) is 0.610. The summed E-state index contributed by atoms with van der Waals surface area (Å²) in [5.41, 5.74) is 1.11. The highest BCUT2D eigenvalue weighted by Gasteiger charge is 2.49. The SMILES string of the molecule is Cc1ccc(C2(C)NC(=O)N(CC(=O)Nc3nnc(-c4ccccn4)s3)C2=O)cc1. The van der Waals surface area contributed by atoms with Gasteiger partial charge in [-0.25, -0.2) is 4.79 Å². The fourth-order valence-corrected chi connectivity index (χ4v) is 3.83. The van der Waals surface area contributed by atoms with E-state index in [9.17, 15) is 14.4 Å². The van der Waals surface area contributed by atoms with Crippen LogP contribution in [0.1, 0.15) is 18.1 Å². The van der Waals surface area contributed by atoms with Crippen molar-refractivity contribution in [2.24, 2.45) is 0 Å². The first kappa shape index (κ1) is 19.6. The molecule has 0 bridgehead atoms. The molecular formula is C20H18N6O3S. The molecule has 1 atom stereocenters. The molecular weight excluding hydrogens is 404 g/mol. The van der Waals surface area contributed by atoms with E-state index in [1.807, 2.05) is 25.1 Å². The number of nitrogens with zero attached hydrogens (tertiary/aromatic N) is 4. The van der Waals surface area contributed by atoms with Crippen LogP contribution in [0.15, 0.2) is 48.7 Å². The zero-order valence-electron chi connectivity index (χ0n) is 16.2. The van der Waals surface area contributed by atoms with E-state index < -0.39 is 29.9 Å². The highest BCUT2D eigenvalue weighted by molar-refractivity contribution is 7.18. The Hall–Kier alpha value is -3.66. The fraction of sp³-hybridized carbons (Fsp3) is 0.200. The molecule has 0 aliphatic carbocycles. The van der Waals surface area contributed by atoms with Gasteiger partial charge in [-0.3, -0.25) is 24.8 Å². The number of urea groups is 1. The van der Waals surface area contributed by atoms with Gasteiger partial charge >= 0.3 is 6.03 Å². The van der Waals surface area contributed by atoms with Crippen LogP contribution in [0.25, 0.3) is 10.7 Å². The highest BCUT2D eigenvalue weighted by Crippen LogP contribution is 2.29. The van der Waals surface area contributed by atoms with Crippen molar-refractivity contribution in [3.63, 3.8) is 0 Å². The molecule has 0 radical (unpaired) electrons. The fourth-order valence-electron chi connectivity index (χ4n) is 3.09. The molecule has 0 saturated carbocycles. The summed E-state index contributed by atoms with van der Waals surface area (Å²) in [4.78, 5) is 42.8. The van der Waals surface area contributed by atoms with E-state index in [2.05, 4.69) is 25.8 Å². The van der Waals surface area contributed by atoms with Crippen molar-refractivity contribution in [2.75, 3.05) is 11.9 Å². The topological polar surface area (TPSA) is 117 Å². The van der Waals surface area contributed by atoms with Gasteiger partial charge in [-0.15, -0.1) is 10.2 Å². The Morgan fingerprint density at radius 1 is 1.17 bits per heavy atom. The Kier molecular flexibility index (Phi) is 5.00. The van der Waals surface area contributed by atoms with Crippen molar-refractivity contribution in [1.29, 1.82) is 0 Å². The van der Waals surface area contributed by atoms with Gasteiger partial charge in [-0.05, 0) is 31.5 Å². The summed E-state index contributed by atoms with van der Waals surface area (Å²) in [5, 5.41) is 14.0. The van der Waals surface area contributed by atoms with E-state index in [1.165, 1.54) is 0 Å². The average Bonchev–Trinajstić information content (AvgIpc) is 3.28. The molecule has 2 aromatic heterocycles. The molecule has 3 heterocycles. The normalized spacial score (nSPS) is 18.4. The van der Waals surface area contributed by atoms with Gasteiger partial charge in [0.1, 0.15) is 17.8 Å². The molecule has 10 heteroatoms. The Bertz CT molecular complexity index is 1120. The number of carbonyl (C=O) groups excluding carboxylic acids is 3. The lowest BCUT2D eigenvalue weighted by atomic mass is 9.91. The minimum absolute atomic E-state index is 0.258. The number of hydrogen-bond donors (Lipinski definition) is 2. The third kappa shape index (κ3) is 3.64. The van der Waals surface area contributed by atoms with Crippen LogP contribution in [0, 0.1) is 6.92 Å². The molecule has 0 spiro atoms. The molecule has 30 heavy (non-hydrogen) atoms. The number of nitrogens with one attached hydrogen (secondary N) is 2. The van der Waals surface area contributed by atoms with Crippen LogP contribution in [-0.4, -0.2) is 44.5 Å². The number of aromatic nitrogens is 3. The van der Waals surface area contributed by atoms with Crippen LogP contribution in [0.3, 0.4) is 0 Å². The van der Waals surface area contributed by atoms with Crippen molar-refractivity contribution >= 4 is 34.3 Å². The second kappa shape index (κ2) is 7.64. The lowest BCUT2D eigenvalue weighted by molar-refractivity contribution is -0.133. The van der Waals surface area contributed by atoms with Crippen LogP contribution >= 0.6 is 11.3 Å².